The minimum Gasteiger partial charge on any atom is -0.497 e. The summed E-state index contributed by atoms with van der Waals surface area (Å²) >= 11 is 0. The smallest absolute Gasteiger partial charge is 0.258 e. The van der Waals surface area contributed by atoms with E-state index in [-0.39, 0.29) is 18.6 Å². The van der Waals surface area contributed by atoms with E-state index in [1.807, 2.05) is 55.5 Å². The van der Waals surface area contributed by atoms with Crippen LogP contribution < -0.4 is 14.8 Å². The van der Waals surface area contributed by atoms with Crippen LogP contribution in [0, 0.1) is 0 Å². The number of para-hydroxylation sites is 1. The Morgan fingerprint density at radius 3 is 2.36 bits per heavy atom. The molecule has 134 valence electrons. The third-order valence-electron chi connectivity index (χ3n) is 4.16. The minimum absolute atomic E-state index is 0.0103. The first kappa shape index (κ1) is 18.8. The summed E-state index contributed by atoms with van der Waals surface area (Å²) in [5.41, 5.74) is 2.16. The van der Waals surface area contributed by atoms with Gasteiger partial charge >= 0.3 is 0 Å². The van der Waals surface area contributed by atoms with Gasteiger partial charge in [0.05, 0.1) is 13.2 Å². The minimum atomic E-state index is -0.124. The summed E-state index contributed by atoms with van der Waals surface area (Å²) in [4.78, 5) is 12.3. The average Bonchev–Trinajstić information content (AvgIpc) is 2.64. The van der Waals surface area contributed by atoms with E-state index >= 15 is 0 Å². The van der Waals surface area contributed by atoms with Crippen LogP contribution in [-0.2, 0) is 4.79 Å². The van der Waals surface area contributed by atoms with Gasteiger partial charge in [-0.2, -0.15) is 0 Å². The maximum Gasteiger partial charge on any atom is 0.258 e. The lowest BCUT2D eigenvalue weighted by Gasteiger charge is -2.19. The highest BCUT2D eigenvalue weighted by Gasteiger charge is 2.14. The van der Waals surface area contributed by atoms with E-state index in [0.717, 1.165) is 29.0 Å². The molecule has 4 heteroatoms. The lowest BCUT2D eigenvalue weighted by molar-refractivity contribution is -0.123. The second kappa shape index (κ2) is 9.11. The van der Waals surface area contributed by atoms with Crippen LogP contribution in [0.4, 0.5) is 0 Å². The molecule has 0 aliphatic carbocycles. The maximum absolute atomic E-state index is 12.3. The maximum atomic E-state index is 12.3. The lowest BCUT2D eigenvalue weighted by atomic mass is 10.0. The predicted octanol–water partition coefficient (Wildman–Crippen LogP) is 4.46. The highest BCUT2D eigenvalue weighted by molar-refractivity contribution is 5.78. The summed E-state index contributed by atoms with van der Waals surface area (Å²) in [5, 5.41) is 3.03. The first-order valence-corrected chi connectivity index (χ1v) is 8.70. The molecule has 0 saturated carbocycles. The number of carbonyl (C=O) groups excluding carboxylic acids is 1. The molecule has 0 unspecified atom stereocenters. The quantitative estimate of drug-likeness (QED) is 0.771. The molecule has 4 nitrogen and oxygen atoms in total. The molecule has 0 aliphatic heterocycles. The van der Waals surface area contributed by atoms with Crippen LogP contribution in [0.1, 0.15) is 50.3 Å². The van der Waals surface area contributed by atoms with Crippen molar-refractivity contribution in [3.05, 3.63) is 59.7 Å². The zero-order valence-corrected chi connectivity index (χ0v) is 15.4. The van der Waals surface area contributed by atoms with Crippen molar-refractivity contribution in [1.82, 2.24) is 5.32 Å². The molecule has 1 atom stereocenters. The Balaban J connectivity index is 1.96. The SMILES string of the molecule is CC[C@@H](NC(=O)COc1ccccc1C(C)C)c1ccc(OC)cc1. The van der Waals surface area contributed by atoms with Crippen LogP contribution in [0.2, 0.25) is 0 Å². The zero-order chi connectivity index (χ0) is 18.2. The Labute approximate surface area is 150 Å². The average molecular weight is 341 g/mol. The van der Waals surface area contributed by atoms with E-state index in [1.165, 1.54) is 0 Å². The number of hydrogen-bond acceptors (Lipinski definition) is 3. The Hall–Kier alpha value is -2.49. The monoisotopic (exact) mass is 341 g/mol. The first-order chi connectivity index (χ1) is 12.0. The van der Waals surface area contributed by atoms with Crippen molar-refractivity contribution >= 4 is 5.91 Å². The van der Waals surface area contributed by atoms with Crippen LogP contribution in [0.15, 0.2) is 48.5 Å². The van der Waals surface area contributed by atoms with Gasteiger partial charge in [0.1, 0.15) is 11.5 Å². The van der Waals surface area contributed by atoms with Gasteiger partial charge in [0.25, 0.3) is 5.91 Å². The number of nitrogens with one attached hydrogen (secondary N) is 1. The van der Waals surface area contributed by atoms with Crippen molar-refractivity contribution < 1.29 is 14.3 Å². The van der Waals surface area contributed by atoms with Gasteiger partial charge in [-0.15, -0.1) is 0 Å². The molecule has 0 aromatic heterocycles. The highest BCUT2D eigenvalue weighted by atomic mass is 16.5. The second-order valence-corrected chi connectivity index (χ2v) is 6.28. The predicted molar refractivity (Wildman–Crippen MR) is 100 cm³/mol. The number of benzene rings is 2. The molecule has 0 aliphatic rings. The molecule has 25 heavy (non-hydrogen) atoms. The topological polar surface area (TPSA) is 47.6 Å². The zero-order valence-electron chi connectivity index (χ0n) is 15.4. The molecule has 1 amide bonds. The van der Waals surface area contributed by atoms with E-state index in [4.69, 9.17) is 9.47 Å². The molecular weight excluding hydrogens is 314 g/mol. The molecule has 0 saturated heterocycles. The van der Waals surface area contributed by atoms with Crippen LogP contribution in [-0.4, -0.2) is 19.6 Å². The molecule has 2 rings (SSSR count). The third-order valence-corrected chi connectivity index (χ3v) is 4.16. The van der Waals surface area contributed by atoms with Crippen LogP contribution in [0.25, 0.3) is 0 Å². The highest BCUT2D eigenvalue weighted by Crippen LogP contribution is 2.26. The summed E-state index contributed by atoms with van der Waals surface area (Å²) in [6.07, 6.45) is 0.806. The molecule has 0 radical (unpaired) electrons. The molecule has 2 aromatic rings. The molecule has 1 N–H and O–H groups in total. The standard InChI is InChI=1S/C21H27NO3/c1-5-19(16-10-12-17(24-4)13-11-16)22-21(23)14-25-20-9-7-6-8-18(20)15(2)3/h6-13,15,19H,5,14H2,1-4H3,(H,22,23)/t19-/m1/s1. The second-order valence-electron chi connectivity index (χ2n) is 6.28. The Kier molecular flexibility index (Phi) is 6.87. The number of ether oxygens (including phenoxy) is 2. The number of methoxy groups -OCH3 is 1. The summed E-state index contributed by atoms with van der Waals surface area (Å²) in [7, 11) is 1.64. The van der Waals surface area contributed by atoms with Gasteiger partial charge in [-0.1, -0.05) is 51.1 Å². The van der Waals surface area contributed by atoms with Gasteiger partial charge in [0, 0.05) is 0 Å². The van der Waals surface area contributed by atoms with E-state index in [9.17, 15) is 4.79 Å². The molecule has 0 heterocycles. The fourth-order valence-electron chi connectivity index (χ4n) is 2.73. The molecule has 0 bridgehead atoms. The van der Waals surface area contributed by atoms with Crippen molar-refractivity contribution in [1.29, 1.82) is 0 Å². The summed E-state index contributed by atoms with van der Waals surface area (Å²) in [6, 6.07) is 15.6. The van der Waals surface area contributed by atoms with Crippen molar-refractivity contribution in [2.75, 3.05) is 13.7 Å². The van der Waals surface area contributed by atoms with Gasteiger partial charge < -0.3 is 14.8 Å². The molecule has 2 aromatic carbocycles. The molecule has 0 fully saturated rings. The summed E-state index contributed by atoms with van der Waals surface area (Å²) in [6.45, 7) is 6.28. The molecular formula is C21H27NO3. The Morgan fingerprint density at radius 1 is 1.08 bits per heavy atom. The van der Waals surface area contributed by atoms with E-state index < -0.39 is 0 Å². The molecule has 0 spiro atoms. The van der Waals surface area contributed by atoms with Gasteiger partial charge in [-0.05, 0) is 41.7 Å². The largest absolute Gasteiger partial charge is 0.497 e. The van der Waals surface area contributed by atoms with Crippen LogP contribution >= 0.6 is 0 Å². The number of carbonyl (C=O) groups is 1. The van der Waals surface area contributed by atoms with Crippen molar-refractivity contribution in [2.45, 2.75) is 39.2 Å². The van der Waals surface area contributed by atoms with Gasteiger partial charge in [0.15, 0.2) is 6.61 Å². The van der Waals surface area contributed by atoms with Gasteiger partial charge in [0.2, 0.25) is 0 Å². The number of hydrogen-bond donors (Lipinski definition) is 1. The fraction of sp³-hybridized carbons (Fsp3) is 0.381. The number of rotatable bonds is 8. The van der Waals surface area contributed by atoms with Gasteiger partial charge in [-0.25, -0.2) is 0 Å². The van der Waals surface area contributed by atoms with Crippen molar-refractivity contribution in [3.8, 4) is 11.5 Å². The number of amides is 1. The summed E-state index contributed by atoms with van der Waals surface area (Å²) < 4.78 is 10.9. The Bertz CT molecular complexity index is 680. The third kappa shape index (κ3) is 5.24. The van der Waals surface area contributed by atoms with Crippen molar-refractivity contribution in [3.63, 3.8) is 0 Å². The van der Waals surface area contributed by atoms with E-state index in [0.29, 0.717) is 5.92 Å². The van der Waals surface area contributed by atoms with E-state index in [2.05, 4.69) is 19.2 Å². The Morgan fingerprint density at radius 2 is 1.76 bits per heavy atom. The normalized spacial score (nSPS) is 11.9. The van der Waals surface area contributed by atoms with Gasteiger partial charge in [-0.3, -0.25) is 4.79 Å². The first-order valence-electron chi connectivity index (χ1n) is 8.70. The lowest BCUT2D eigenvalue weighted by Crippen LogP contribution is -2.32. The fourth-order valence-corrected chi connectivity index (χ4v) is 2.73. The van der Waals surface area contributed by atoms with Crippen molar-refractivity contribution in [2.24, 2.45) is 0 Å². The summed E-state index contributed by atoms with van der Waals surface area (Å²) in [5.74, 6) is 1.80. The van der Waals surface area contributed by atoms with Crippen LogP contribution in [0.5, 0.6) is 11.5 Å². The van der Waals surface area contributed by atoms with E-state index in [1.54, 1.807) is 7.11 Å². The van der Waals surface area contributed by atoms with Crippen LogP contribution in [0.3, 0.4) is 0 Å².